The minimum Gasteiger partial charge on any atom is -0.331 e. The van der Waals surface area contributed by atoms with Gasteiger partial charge in [0.2, 0.25) is 5.82 Å². The minimum atomic E-state index is -2.13. The van der Waals surface area contributed by atoms with Gasteiger partial charge < -0.3 is 14.2 Å². The van der Waals surface area contributed by atoms with Crippen molar-refractivity contribution in [3.63, 3.8) is 0 Å². The quantitative estimate of drug-likeness (QED) is 0.0782. The van der Waals surface area contributed by atoms with Gasteiger partial charge in [0, 0.05) is 32.8 Å². The Kier molecular flexibility index (Phi) is 13.3. The van der Waals surface area contributed by atoms with E-state index in [1.807, 2.05) is 0 Å². The summed E-state index contributed by atoms with van der Waals surface area (Å²) in [6, 6.07) is 0. The van der Waals surface area contributed by atoms with Gasteiger partial charge in [-0.15, -0.1) is 0 Å². The highest BCUT2D eigenvalue weighted by atomic mass is 19.2. The lowest BCUT2D eigenvalue weighted by Crippen LogP contribution is -2.44. The first-order valence-electron chi connectivity index (χ1n) is 11.4. The molecule has 0 aliphatic carbocycles. The Morgan fingerprint density at radius 3 is 1.47 bits per heavy atom. The van der Waals surface area contributed by atoms with Crippen LogP contribution in [0.15, 0.2) is 0 Å². The first-order chi connectivity index (χ1) is 15.3. The summed E-state index contributed by atoms with van der Waals surface area (Å²) in [5, 5.41) is 0. The molecule has 0 saturated carbocycles. The van der Waals surface area contributed by atoms with Crippen molar-refractivity contribution in [2.75, 3.05) is 21.3 Å². The highest BCUT2D eigenvalue weighted by Gasteiger charge is 2.39. The minimum absolute atomic E-state index is 0.0529. The molecule has 0 aliphatic rings. The normalized spacial score (nSPS) is 13.0. The average Bonchev–Trinajstić information content (AvgIpc) is 2.81. The number of methoxy groups -OCH3 is 3. The van der Waals surface area contributed by atoms with Crippen LogP contribution in [-0.4, -0.2) is 27.3 Å². The van der Waals surface area contributed by atoms with Gasteiger partial charge >= 0.3 is 0 Å². The van der Waals surface area contributed by atoms with Crippen molar-refractivity contribution in [1.29, 1.82) is 0 Å². The molecule has 0 N–H and O–H groups in total. The fourth-order valence-corrected chi connectivity index (χ4v) is 4.16. The van der Waals surface area contributed by atoms with E-state index in [1.54, 1.807) is 0 Å². The van der Waals surface area contributed by atoms with E-state index in [2.05, 4.69) is 6.92 Å². The maximum absolute atomic E-state index is 13.8. The molecule has 0 radical (unpaired) electrons. The molecule has 8 heteroatoms. The number of benzene rings is 1. The lowest BCUT2D eigenvalue weighted by atomic mass is 9.91. The molecule has 0 spiro atoms. The summed E-state index contributed by atoms with van der Waals surface area (Å²) in [5.74, 6) is -10.7. The van der Waals surface area contributed by atoms with Crippen LogP contribution in [0.1, 0.15) is 83.1 Å². The molecule has 1 aromatic rings. The fraction of sp³-hybridized carbons (Fsp3) is 0.750. The third kappa shape index (κ3) is 7.66. The number of ether oxygens (including phenoxy) is 3. The molecule has 1 aromatic carbocycles. The van der Waals surface area contributed by atoms with Crippen LogP contribution < -0.4 is 0 Å². The van der Waals surface area contributed by atoms with Crippen molar-refractivity contribution in [3.8, 4) is 0 Å². The van der Waals surface area contributed by atoms with Crippen molar-refractivity contribution < 1.29 is 36.2 Å². The largest absolute Gasteiger partial charge is 0.331 e. The van der Waals surface area contributed by atoms with Crippen molar-refractivity contribution in [2.45, 2.75) is 89.9 Å². The monoisotopic (exact) mass is 468 g/mol. The molecular weight excluding hydrogens is 431 g/mol. The van der Waals surface area contributed by atoms with Gasteiger partial charge in [0.15, 0.2) is 23.3 Å². The predicted octanol–water partition coefficient (Wildman–Crippen LogP) is 7.44. The molecule has 0 heterocycles. The van der Waals surface area contributed by atoms with Crippen LogP contribution in [0.5, 0.6) is 0 Å². The van der Waals surface area contributed by atoms with Gasteiger partial charge in [0.1, 0.15) is 0 Å². The molecule has 0 aromatic heterocycles. The van der Waals surface area contributed by atoms with Crippen molar-refractivity contribution in [2.24, 2.45) is 5.92 Å². The summed E-state index contributed by atoms with van der Waals surface area (Å²) in [7, 11) is 4.55. The van der Waals surface area contributed by atoms with E-state index in [9.17, 15) is 22.0 Å². The van der Waals surface area contributed by atoms with Crippen molar-refractivity contribution in [1.82, 2.24) is 0 Å². The SMILES string of the molecule is CCCCCCCCC(CCCCCc1c(F)c(F)c(F)c(F)c1F)C(OC)(OC)OC. The second kappa shape index (κ2) is 14.8. The van der Waals surface area contributed by atoms with Gasteiger partial charge in [-0.1, -0.05) is 58.3 Å². The molecule has 0 bridgehead atoms. The Labute approximate surface area is 188 Å². The van der Waals surface area contributed by atoms with Crippen LogP contribution in [-0.2, 0) is 20.6 Å². The van der Waals surface area contributed by atoms with E-state index < -0.39 is 40.6 Å². The van der Waals surface area contributed by atoms with Gasteiger partial charge in [-0.2, -0.15) is 0 Å². The van der Waals surface area contributed by atoms with Crippen LogP contribution in [0, 0.1) is 35.0 Å². The Morgan fingerprint density at radius 1 is 0.594 bits per heavy atom. The summed E-state index contributed by atoms with van der Waals surface area (Å²) in [6.07, 6.45) is 9.71. The third-order valence-electron chi connectivity index (χ3n) is 6.04. The molecule has 3 nitrogen and oxygen atoms in total. The molecule has 1 rings (SSSR count). The fourth-order valence-electron chi connectivity index (χ4n) is 4.16. The Hall–Kier alpha value is -1.25. The molecule has 0 saturated heterocycles. The average molecular weight is 469 g/mol. The molecule has 186 valence electrons. The van der Waals surface area contributed by atoms with Gasteiger partial charge in [0.05, 0.1) is 0 Å². The summed E-state index contributed by atoms with van der Waals surface area (Å²) >= 11 is 0. The number of hydrogen-bond acceptors (Lipinski definition) is 3. The molecule has 0 amide bonds. The zero-order chi connectivity index (χ0) is 24.1. The van der Waals surface area contributed by atoms with E-state index in [1.165, 1.54) is 47.0 Å². The second-order valence-corrected chi connectivity index (χ2v) is 8.12. The van der Waals surface area contributed by atoms with Crippen LogP contribution in [0.4, 0.5) is 22.0 Å². The number of halogens is 5. The predicted molar refractivity (Wildman–Crippen MR) is 114 cm³/mol. The van der Waals surface area contributed by atoms with Gasteiger partial charge in [0.25, 0.3) is 5.97 Å². The van der Waals surface area contributed by atoms with Crippen LogP contribution in [0.3, 0.4) is 0 Å². The maximum Gasteiger partial charge on any atom is 0.285 e. The van der Waals surface area contributed by atoms with Gasteiger partial charge in [-0.25, -0.2) is 22.0 Å². The van der Waals surface area contributed by atoms with Crippen LogP contribution in [0.2, 0.25) is 0 Å². The maximum atomic E-state index is 13.8. The summed E-state index contributed by atoms with van der Waals surface area (Å²) in [6.45, 7) is 2.17. The smallest absolute Gasteiger partial charge is 0.285 e. The first-order valence-corrected chi connectivity index (χ1v) is 11.4. The molecule has 0 aliphatic heterocycles. The number of rotatable bonds is 17. The summed E-state index contributed by atoms with van der Waals surface area (Å²) in [5.41, 5.74) is -0.759. The zero-order valence-corrected chi connectivity index (χ0v) is 19.7. The van der Waals surface area contributed by atoms with E-state index in [0.29, 0.717) is 25.7 Å². The topological polar surface area (TPSA) is 27.7 Å². The van der Waals surface area contributed by atoms with Crippen molar-refractivity contribution in [3.05, 3.63) is 34.6 Å². The van der Waals surface area contributed by atoms with E-state index >= 15 is 0 Å². The van der Waals surface area contributed by atoms with Crippen LogP contribution >= 0.6 is 0 Å². The standard InChI is InChI=1S/C24H37F5O3/c1-5-6-7-8-9-11-14-17(24(30-2,31-3)32-4)15-12-10-13-16-18-19(25)21(27)23(29)22(28)20(18)26/h17H,5-16H2,1-4H3. The molecular formula is C24H37F5O3. The highest BCUT2D eigenvalue weighted by Crippen LogP contribution is 2.33. The lowest BCUT2D eigenvalue weighted by Gasteiger charge is -2.36. The molecule has 1 unspecified atom stereocenters. The Bertz CT molecular complexity index is 643. The van der Waals surface area contributed by atoms with E-state index in [-0.39, 0.29) is 12.3 Å². The Morgan fingerprint density at radius 2 is 1.00 bits per heavy atom. The van der Waals surface area contributed by atoms with E-state index in [4.69, 9.17) is 14.2 Å². The molecule has 1 atom stereocenters. The van der Waals surface area contributed by atoms with Crippen LogP contribution in [0.25, 0.3) is 0 Å². The zero-order valence-electron chi connectivity index (χ0n) is 19.7. The lowest BCUT2D eigenvalue weighted by molar-refractivity contribution is -0.380. The summed E-state index contributed by atoms with van der Waals surface area (Å²) < 4.78 is 84.1. The number of hydrogen-bond donors (Lipinski definition) is 0. The second-order valence-electron chi connectivity index (χ2n) is 8.12. The molecule has 0 fully saturated rings. The number of unbranched alkanes of at least 4 members (excludes halogenated alkanes) is 7. The van der Waals surface area contributed by atoms with E-state index in [0.717, 1.165) is 19.3 Å². The highest BCUT2D eigenvalue weighted by molar-refractivity contribution is 5.24. The Balaban J connectivity index is 2.63. The summed E-state index contributed by atoms with van der Waals surface area (Å²) in [4.78, 5) is 0. The van der Waals surface area contributed by atoms with Gasteiger partial charge in [-0.05, 0) is 25.7 Å². The van der Waals surface area contributed by atoms with Gasteiger partial charge in [-0.3, -0.25) is 0 Å². The third-order valence-corrected chi connectivity index (χ3v) is 6.04. The first kappa shape index (κ1) is 28.8. The van der Waals surface area contributed by atoms with Crippen molar-refractivity contribution >= 4 is 0 Å². The molecule has 32 heavy (non-hydrogen) atoms.